The number of H-pyrrole nitrogens is 1. The van der Waals surface area contributed by atoms with Gasteiger partial charge in [0.1, 0.15) is 5.82 Å². The lowest BCUT2D eigenvalue weighted by Gasteiger charge is -2.23. The smallest absolute Gasteiger partial charge is 0.220 e. The molecule has 1 atom stereocenters. The second kappa shape index (κ2) is 6.71. The normalized spacial score (nSPS) is 16.6. The van der Waals surface area contributed by atoms with Crippen molar-refractivity contribution < 1.29 is 9.18 Å². The number of aromatic amines is 1. The number of aromatic nitrogens is 1. The van der Waals surface area contributed by atoms with Crippen LogP contribution in [0.1, 0.15) is 29.7 Å². The Morgan fingerprint density at radius 1 is 1.20 bits per heavy atom. The molecule has 0 aliphatic heterocycles. The number of nitrogens with one attached hydrogen (secondary N) is 2. The summed E-state index contributed by atoms with van der Waals surface area (Å²) in [6.07, 6.45) is 3.81. The minimum atomic E-state index is -0.219. The fraction of sp³-hybridized carbons (Fsp3) is 0.286. The molecule has 0 spiro atoms. The summed E-state index contributed by atoms with van der Waals surface area (Å²) in [7, 11) is 0. The third-order valence-electron chi connectivity index (χ3n) is 5.00. The molecule has 2 aromatic carbocycles. The molecule has 3 nitrogen and oxygen atoms in total. The van der Waals surface area contributed by atoms with Crippen molar-refractivity contribution in [2.24, 2.45) is 0 Å². The predicted octanol–water partition coefficient (Wildman–Crippen LogP) is 3.91. The van der Waals surface area contributed by atoms with Gasteiger partial charge in [-0.05, 0) is 55.0 Å². The van der Waals surface area contributed by atoms with E-state index in [2.05, 4.69) is 10.3 Å². The summed E-state index contributed by atoms with van der Waals surface area (Å²) in [6, 6.07) is 15.0. The molecule has 0 fully saturated rings. The molecular weight excluding hydrogens is 315 g/mol. The number of fused-ring (bicyclic) bond motifs is 3. The van der Waals surface area contributed by atoms with Gasteiger partial charge in [-0.3, -0.25) is 4.79 Å². The molecule has 1 aliphatic rings. The Balaban J connectivity index is 1.41. The molecule has 1 aromatic heterocycles. The van der Waals surface area contributed by atoms with Gasteiger partial charge < -0.3 is 10.3 Å². The second-order valence-electron chi connectivity index (χ2n) is 6.76. The number of amides is 1. The van der Waals surface area contributed by atoms with E-state index in [1.165, 1.54) is 17.3 Å². The SMILES string of the molecule is O=C(CCc1ccccc1)NC1CCc2[nH]c3ccc(F)cc3c2C1. The van der Waals surface area contributed by atoms with Crippen LogP contribution in [0.25, 0.3) is 10.9 Å². The van der Waals surface area contributed by atoms with Gasteiger partial charge in [-0.15, -0.1) is 0 Å². The summed E-state index contributed by atoms with van der Waals surface area (Å²) in [5.74, 6) is -0.133. The Morgan fingerprint density at radius 3 is 2.88 bits per heavy atom. The monoisotopic (exact) mass is 336 g/mol. The van der Waals surface area contributed by atoms with Crippen molar-refractivity contribution in [1.29, 1.82) is 0 Å². The number of hydrogen-bond donors (Lipinski definition) is 2. The molecule has 4 rings (SSSR count). The number of halogens is 1. The third kappa shape index (κ3) is 3.43. The summed E-state index contributed by atoms with van der Waals surface area (Å²) < 4.78 is 13.6. The highest BCUT2D eigenvalue weighted by atomic mass is 19.1. The van der Waals surface area contributed by atoms with Crippen molar-refractivity contribution in [1.82, 2.24) is 10.3 Å². The van der Waals surface area contributed by atoms with Crippen LogP contribution >= 0.6 is 0 Å². The summed E-state index contributed by atoms with van der Waals surface area (Å²) in [6.45, 7) is 0. The van der Waals surface area contributed by atoms with Crippen LogP contribution < -0.4 is 5.32 Å². The molecule has 1 amide bonds. The molecule has 0 radical (unpaired) electrons. The van der Waals surface area contributed by atoms with Crippen molar-refractivity contribution in [2.75, 3.05) is 0 Å². The lowest BCUT2D eigenvalue weighted by molar-refractivity contribution is -0.121. The van der Waals surface area contributed by atoms with E-state index >= 15 is 0 Å². The van der Waals surface area contributed by atoms with Crippen LogP contribution in [0.4, 0.5) is 4.39 Å². The average molecular weight is 336 g/mol. The van der Waals surface area contributed by atoms with Crippen molar-refractivity contribution in [3.05, 3.63) is 71.2 Å². The Labute approximate surface area is 146 Å². The Bertz CT molecular complexity index is 901. The van der Waals surface area contributed by atoms with E-state index in [9.17, 15) is 9.18 Å². The molecule has 1 aliphatic carbocycles. The molecular formula is C21H21FN2O. The zero-order chi connectivity index (χ0) is 17.2. The van der Waals surface area contributed by atoms with Gasteiger partial charge in [0.25, 0.3) is 0 Å². The molecule has 0 bridgehead atoms. The molecule has 1 heterocycles. The van der Waals surface area contributed by atoms with Gasteiger partial charge in [0.2, 0.25) is 5.91 Å². The average Bonchev–Trinajstić information content (AvgIpc) is 2.98. The predicted molar refractivity (Wildman–Crippen MR) is 97.0 cm³/mol. The van der Waals surface area contributed by atoms with Gasteiger partial charge in [-0.2, -0.15) is 0 Å². The fourth-order valence-corrected chi connectivity index (χ4v) is 3.71. The Morgan fingerprint density at radius 2 is 2.04 bits per heavy atom. The molecule has 1 unspecified atom stereocenters. The topological polar surface area (TPSA) is 44.9 Å². The molecule has 128 valence electrons. The van der Waals surface area contributed by atoms with Crippen LogP contribution in [-0.4, -0.2) is 16.9 Å². The van der Waals surface area contributed by atoms with Gasteiger partial charge >= 0.3 is 0 Å². The first kappa shape index (κ1) is 15.9. The quantitative estimate of drug-likeness (QED) is 0.745. The van der Waals surface area contributed by atoms with E-state index < -0.39 is 0 Å². The zero-order valence-corrected chi connectivity index (χ0v) is 14.0. The number of rotatable bonds is 4. The van der Waals surface area contributed by atoms with Crippen LogP contribution in [0.2, 0.25) is 0 Å². The van der Waals surface area contributed by atoms with E-state index in [4.69, 9.17) is 0 Å². The minimum Gasteiger partial charge on any atom is -0.358 e. The van der Waals surface area contributed by atoms with Crippen LogP contribution in [0.15, 0.2) is 48.5 Å². The van der Waals surface area contributed by atoms with E-state index in [0.29, 0.717) is 6.42 Å². The first-order valence-electron chi connectivity index (χ1n) is 8.81. The van der Waals surface area contributed by atoms with Crippen LogP contribution in [0.3, 0.4) is 0 Å². The fourth-order valence-electron chi connectivity index (χ4n) is 3.71. The highest BCUT2D eigenvalue weighted by molar-refractivity contribution is 5.85. The summed E-state index contributed by atoms with van der Waals surface area (Å²) in [4.78, 5) is 15.7. The van der Waals surface area contributed by atoms with E-state index in [1.54, 1.807) is 12.1 Å². The number of hydrogen-bond acceptors (Lipinski definition) is 1. The van der Waals surface area contributed by atoms with Crippen molar-refractivity contribution >= 4 is 16.8 Å². The van der Waals surface area contributed by atoms with E-state index in [-0.39, 0.29) is 17.8 Å². The maximum Gasteiger partial charge on any atom is 0.220 e. The van der Waals surface area contributed by atoms with Gasteiger partial charge in [0.15, 0.2) is 0 Å². The Kier molecular flexibility index (Phi) is 4.26. The van der Waals surface area contributed by atoms with Gasteiger partial charge in [-0.1, -0.05) is 30.3 Å². The number of carbonyl (C=O) groups is 1. The lowest BCUT2D eigenvalue weighted by Crippen LogP contribution is -2.38. The molecule has 3 aromatic rings. The molecule has 0 saturated heterocycles. The van der Waals surface area contributed by atoms with Gasteiger partial charge in [-0.25, -0.2) is 4.39 Å². The van der Waals surface area contributed by atoms with Crippen LogP contribution in [-0.2, 0) is 24.1 Å². The van der Waals surface area contributed by atoms with Crippen LogP contribution in [0, 0.1) is 5.82 Å². The highest BCUT2D eigenvalue weighted by Crippen LogP contribution is 2.29. The summed E-state index contributed by atoms with van der Waals surface area (Å²) in [5, 5.41) is 4.10. The first-order valence-corrected chi connectivity index (χ1v) is 8.81. The second-order valence-corrected chi connectivity index (χ2v) is 6.76. The lowest BCUT2D eigenvalue weighted by atomic mass is 9.91. The largest absolute Gasteiger partial charge is 0.358 e. The van der Waals surface area contributed by atoms with Gasteiger partial charge in [0.05, 0.1) is 0 Å². The van der Waals surface area contributed by atoms with Crippen molar-refractivity contribution in [3.8, 4) is 0 Å². The number of benzene rings is 2. The molecule has 2 N–H and O–H groups in total. The summed E-state index contributed by atoms with van der Waals surface area (Å²) >= 11 is 0. The zero-order valence-electron chi connectivity index (χ0n) is 14.0. The maximum absolute atomic E-state index is 13.6. The van der Waals surface area contributed by atoms with Crippen molar-refractivity contribution in [2.45, 2.75) is 38.1 Å². The highest BCUT2D eigenvalue weighted by Gasteiger charge is 2.23. The van der Waals surface area contributed by atoms with Gasteiger partial charge in [0, 0.05) is 29.1 Å². The molecule has 0 saturated carbocycles. The third-order valence-corrected chi connectivity index (χ3v) is 5.00. The Hall–Kier alpha value is -2.62. The molecule has 25 heavy (non-hydrogen) atoms. The molecule has 4 heteroatoms. The van der Waals surface area contributed by atoms with E-state index in [0.717, 1.165) is 42.1 Å². The summed E-state index contributed by atoms with van der Waals surface area (Å²) in [5.41, 5.74) is 4.47. The maximum atomic E-state index is 13.6. The standard InChI is InChI=1S/C21H21FN2O/c22-15-7-9-19-17(12-15)18-13-16(8-10-20(18)24-19)23-21(25)11-6-14-4-2-1-3-5-14/h1-5,7,9,12,16,24H,6,8,10-11,13H2,(H,23,25). The van der Waals surface area contributed by atoms with E-state index in [1.807, 2.05) is 30.3 Å². The minimum absolute atomic E-state index is 0.0864. The van der Waals surface area contributed by atoms with Crippen molar-refractivity contribution in [3.63, 3.8) is 0 Å². The van der Waals surface area contributed by atoms with Crippen LogP contribution in [0.5, 0.6) is 0 Å². The first-order chi connectivity index (χ1) is 12.2. The number of carbonyl (C=O) groups excluding carboxylic acids is 1. The number of aryl methyl sites for hydroxylation is 2.